The number of ketones is 1. The number of aliphatic carboxylic acids is 1. The highest BCUT2D eigenvalue weighted by Gasteiger charge is 2.06. The molecule has 4 heteroatoms. The van der Waals surface area contributed by atoms with Gasteiger partial charge in [-0.3, -0.25) is 4.79 Å². The monoisotopic (exact) mass is 193 g/mol. The molecule has 0 saturated carbocycles. The van der Waals surface area contributed by atoms with E-state index in [0.717, 1.165) is 23.0 Å². The summed E-state index contributed by atoms with van der Waals surface area (Å²) in [7, 11) is 0. The zero-order chi connectivity index (χ0) is 10.7. The second-order valence-electron chi connectivity index (χ2n) is 3.04. The topological polar surface area (TPSA) is 70.2 Å². The quantitative estimate of drug-likeness (QED) is 0.561. The number of H-pyrrole nitrogens is 1. The zero-order valence-corrected chi connectivity index (χ0v) is 8.00. The van der Waals surface area contributed by atoms with Gasteiger partial charge in [-0.15, -0.1) is 0 Å². The van der Waals surface area contributed by atoms with Crippen LogP contribution in [0.15, 0.2) is 12.1 Å². The van der Waals surface area contributed by atoms with Gasteiger partial charge in [0.05, 0.1) is 0 Å². The molecule has 1 heterocycles. The minimum Gasteiger partial charge on any atom is -0.475 e. The third-order valence-electron chi connectivity index (χ3n) is 1.81. The van der Waals surface area contributed by atoms with Crippen LogP contribution in [0.5, 0.6) is 0 Å². The van der Waals surface area contributed by atoms with Gasteiger partial charge < -0.3 is 10.1 Å². The molecule has 0 aliphatic rings. The van der Waals surface area contributed by atoms with E-state index < -0.39 is 11.8 Å². The van der Waals surface area contributed by atoms with Gasteiger partial charge in [0.15, 0.2) is 0 Å². The van der Waals surface area contributed by atoms with Crippen LogP contribution < -0.4 is 0 Å². The number of aromatic nitrogens is 1. The standard InChI is InChI=1S/C10H11NO3/c1-6-5-8(7(2)11-6)3-4-9(12)10(13)14/h3-5,11H,1-2H3,(H,13,14)/b4-3+. The molecule has 0 aromatic carbocycles. The van der Waals surface area contributed by atoms with Crippen molar-refractivity contribution in [3.63, 3.8) is 0 Å². The average Bonchev–Trinajstić information content (AvgIpc) is 2.40. The van der Waals surface area contributed by atoms with Crippen molar-refractivity contribution in [2.75, 3.05) is 0 Å². The van der Waals surface area contributed by atoms with E-state index in [1.165, 1.54) is 6.08 Å². The number of nitrogens with one attached hydrogen (secondary N) is 1. The van der Waals surface area contributed by atoms with Crippen molar-refractivity contribution in [1.29, 1.82) is 0 Å². The Morgan fingerprint density at radius 3 is 2.50 bits per heavy atom. The van der Waals surface area contributed by atoms with Gasteiger partial charge in [0.25, 0.3) is 5.78 Å². The van der Waals surface area contributed by atoms with Crippen molar-refractivity contribution in [3.05, 3.63) is 29.1 Å². The number of carboxylic acid groups (broad SMARTS) is 1. The van der Waals surface area contributed by atoms with E-state index in [1.807, 2.05) is 19.9 Å². The second kappa shape index (κ2) is 3.91. The van der Waals surface area contributed by atoms with Gasteiger partial charge in [0.2, 0.25) is 0 Å². The molecule has 0 bridgehead atoms. The lowest BCUT2D eigenvalue weighted by Gasteiger charge is -1.88. The molecular formula is C10H11NO3. The first-order valence-electron chi connectivity index (χ1n) is 4.12. The predicted octanol–water partition coefficient (Wildman–Crippen LogP) is 1.30. The van der Waals surface area contributed by atoms with Gasteiger partial charge in [0, 0.05) is 11.4 Å². The number of hydrogen-bond acceptors (Lipinski definition) is 2. The third-order valence-corrected chi connectivity index (χ3v) is 1.81. The van der Waals surface area contributed by atoms with Crippen LogP contribution in [0.4, 0.5) is 0 Å². The Labute approximate surface area is 81.3 Å². The third kappa shape index (κ3) is 2.32. The Bertz CT molecular complexity index is 401. The van der Waals surface area contributed by atoms with Gasteiger partial charge in [-0.1, -0.05) is 0 Å². The van der Waals surface area contributed by atoms with Crippen LogP contribution in [0.2, 0.25) is 0 Å². The summed E-state index contributed by atoms with van der Waals surface area (Å²) in [5.41, 5.74) is 2.72. The van der Waals surface area contributed by atoms with Crippen LogP contribution in [0.3, 0.4) is 0 Å². The van der Waals surface area contributed by atoms with Crippen molar-refractivity contribution in [2.45, 2.75) is 13.8 Å². The number of hydrogen-bond donors (Lipinski definition) is 2. The highest BCUT2D eigenvalue weighted by atomic mass is 16.4. The van der Waals surface area contributed by atoms with Crippen LogP contribution in [-0.2, 0) is 9.59 Å². The van der Waals surface area contributed by atoms with Gasteiger partial charge in [0.1, 0.15) is 0 Å². The summed E-state index contributed by atoms with van der Waals surface area (Å²) in [6, 6.07) is 1.85. The van der Waals surface area contributed by atoms with Crippen molar-refractivity contribution < 1.29 is 14.7 Å². The lowest BCUT2D eigenvalue weighted by molar-refractivity contribution is -0.146. The van der Waals surface area contributed by atoms with Crippen LogP contribution in [0.1, 0.15) is 17.0 Å². The maximum atomic E-state index is 10.7. The smallest absolute Gasteiger partial charge is 0.376 e. The van der Waals surface area contributed by atoms with E-state index in [2.05, 4.69) is 4.98 Å². The van der Waals surface area contributed by atoms with E-state index in [1.54, 1.807) is 0 Å². The summed E-state index contributed by atoms with van der Waals surface area (Å²) in [5.74, 6) is -2.35. The molecular weight excluding hydrogens is 182 g/mol. The molecule has 1 aromatic rings. The Balaban J connectivity index is 2.83. The Kier molecular flexibility index (Phi) is 2.86. The highest BCUT2D eigenvalue weighted by Crippen LogP contribution is 2.10. The van der Waals surface area contributed by atoms with Crippen LogP contribution >= 0.6 is 0 Å². The SMILES string of the molecule is Cc1cc(/C=C/C(=O)C(=O)O)c(C)[nH]1. The lowest BCUT2D eigenvalue weighted by atomic mass is 10.2. The summed E-state index contributed by atoms with van der Waals surface area (Å²) >= 11 is 0. The maximum Gasteiger partial charge on any atom is 0.376 e. The second-order valence-corrected chi connectivity index (χ2v) is 3.04. The first-order valence-corrected chi connectivity index (χ1v) is 4.12. The van der Waals surface area contributed by atoms with Crippen LogP contribution in [0.25, 0.3) is 6.08 Å². The molecule has 1 aromatic heterocycles. The Morgan fingerprint density at radius 1 is 1.43 bits per heavy atom. The summed E-state index contributed by atoms with van der Waals surface area (Å²) in [6.45, 7) is 3.75. The van der Waals surface area contributed by atoms with E-state index in [-0.39, 0.29) is 0 Å². The number of aryl methyl sites for hydroxylation is 2. The van der Waals surface area contributed by atoms with E-state index in [9.17, 15) is 9.59 Å². The van der Waals surface area contributed by atoms with E-state index in [0.29, 0.717) is 0 Å². The van der Waals surface area contributed by atoms with Crippen LogP contribution in [-0.4, -0.2) is 21.8 Å². The molecule has 0 unspecified atom stereocenters. The fourth-order valence-corrected chi connectivity index (χ4v) is 1.16. The lowest BCUT2D eigenvalue weighted by Crippen LogP contribution is -2.08. The van der Waals surface area contributed by atoms with Crippen molar-refractivity contribution in [3.8, 4) is 0 Å². The van der Waals surface area contributed by atoms with Gasteiger partial charge in [-0.25, -0.2) is 4.79 Å². The molecule has 4 nitrogen and oxygen atoms in total. The summed E-state index contributed by atoms with van der Waals surface area (Å²) in [4.78, 5) is 24.0. The normalized spacial score (nSPS) is 10.7. The first-order chi connectivity index (χ1) is 6.50. The van der Waals surface area contributed by atoms with Crippen molar-refractivity contribution >= 4 is 17.8 Å². The molecule has 0 aliphatic carbocycles. The molecule has 74 valence electrons. The number of rotatable bonds is 3. The van der Waals surface area contributed by atoms with Crippen molar-refractivity contribution in [2.24, 2.45) is 0 Å². The summed E-state index contributed by atoms with van der Waals surface area (Å²) < 4.78 is 0. The number of carboxylic acids is 1. The predicted molar refractivity (Wildman–Crippen MR) is 51.9 cm³/mol. The fourth-order valence-electron chi connectivity index (χ4n) is 1.16. The molecule has 0 radical (unpaired) electrons. The molecule has 14 heavy (non-hydrogen) atoms. The van der Waals surface area contributed by atoms with Crippen LogP contribution in [0, 0.1) is 13.8 Å². The minimum atomic E-state index is -1.44. The average molecular weight is 193 g/mol. The molecule has 0 amide bonds. The summed E-state index contributed by atoms with van der Waals surface area (Å²) in [5, 5.41) is 8.33. The molecule has 0 atom stereocenters. The van der Waals surface area contributed by atoms with Crippen molar-refractivity contribution in [1.82, 2.24) is 4.98 Å². The van der Waals surface area contributed by atoms with Gasteiger partial charge in [-0.2, -0.15) is 0 Å². The largest absolute Gasteiger partial charge is 0.475 e. The molecule has 2 N–H and O–H groups in total. The molecule has 0 saturated heterocycles. The minimum absolute atomic E-state index is 0.831. The Hall–Kier alpha value is -1.84. The molecule has 1 rings (SSSR count). The van der Waals surface area contributed by atoms with Gasteiger partial charge >= 0.3 is 5.97 Å². The Morgan fingerprint density at radius 2 is 2.07 bits per heavy atom. The number of aromatic amines is 1. The zero-order valence-electron chi connectivity index (χ0n) is 8.00. The maximum absolute atomic E-state index is 10.7. The summed E-state index contributed by atoms with van der Waals surface area (Å²) in [6.07, 6.45) is 2.55. The molecule has 0 fully saturated rings. The fraction of sp³-hybridized carbons (Fsp3) is 0.200. The number of carbonyl (C=O) groups excluding carboxylic acids is 1. The van der Waals surface area contributed by atoms with Gasteiger partial charge in [-0.05, 0) is 37.6 Å². The first kappa shape index (κ1) is 10.2. The molecule has 0 spiro atoms. The number of carbonyl (C=O) groups is 2. The van der Waals surface area contributed by atoms with E-state index >= 15 is 0 Å². The molecule has 0 aliphatic heterocycles. The highest BCUT2D eigenvalue weighted by molar-refractivity contribution is 6.38. The van der Waals surface area contributed by atoms with E-state index in [4.69, 9.17) is 5.11 Å².